The molecule has 6 nitrogen and oxygen atoms in total. The van der Waals surface area contributed by atoms with Crippen LogP contribution in [0.25, 0.3) is 27.9 Å². The number of tetrazole rings is 1. The van der Waals surface area contributed by atoms with Crippen molar-refractivity contribution in [2.75, 3.05) is 0 Å². The third-order valence-corrected chi connectivity index (χ3v) is 5.04. The predicted octanol–water partition coefficient (Wildman–Crippen LogP) is 5.06. The van der Waals surface area contributed by atoms with Gasteiger partial charge in [-0.05, 0) is 52.2 Å². The summed E-state index contributed by atoms with van der Waals surface area (Å²) < 4.78 is 6.01. The zero-order chi connectivity index (χ0) is 21.0. The van der Waals surface area contributed by atoms with E-state index in [0.717, 1.165) is 44.6 Å². The number of H-pyrrole nitrogens is 1. The average Bonchev–Trinajstić information content (AvgIpc) is 3.38. The summed E-state index contributed by atoms with van der Waals surface area (Å²) in [6.07, 6.45) is 0. The monoisotopic (exact) mass is 405 g/mol. The fourth-order valence-electron chi connectivity index (χ4n) is 3.42. The first-order valence-corrected chi connectivity index (χ1v) is 9.87. The second kappa shape index (κ2) is 8.20. The van der Waals surface area contributed by atoms with Gasteiger partial charge in [-0.15, -0.1) is 10.2 Å². The van der Waals surface area contributed by atoms with Gasteiger partial charge in [-0.25, -0.2) is 4.98 Å². The number of para-hydroxylation sites is 1. The quantitative estimate of drug-likeness (QED) is 0.427. The standard InChI is InChI=1S/C25H19N5O/c1-17(19-7-4-9-21(14-19)25-27-29-30-28-25)20-8-5-10-23(15-20)31-16-22-13-12-18-6-2-3-11-24(18)26-22/h2-15H,1,16H2,(H,27,28,29,30). The molecule has 0 fully saturated rings. The van der Waals surface area contributed by atoms with Crippen LogP contribution in [0, 0.1) is 0 Å². The van der Waals surface area contributed by atoms with E-state index in [1.807, 2.05) is 72.8 Å². The summed E-state index contributed by atoms with van der Waals surface area (Å²) in [4.78, 5) is 4.67. The Labute approximate surface area is 179 Å². The number of hydrogen-bond donors (Lipinski definition) is 1. The molecule has 0 radical (unpaired) electrons. The number of pyridine rings is 1. The van der Waals surface area contributed by atoms with Crippen LogP contribution in [0.3, 0.4) is 0 Å². The fourth-order valence-corrected chi connectivity index (χ4v) is 3.42. The zero-order valence-corrected chi connectivity index (χ0v) is 16.7. The Morgan fingerprint density at radius 2 is 1.71 bits per heavy atom. The van der Waals surface area contributed by atoms with Gasteiger partial charge in [-0.1, -0.05) is 61.2 Å². The summed E-state index contributed by atoms with van der Waals surface area (Å²) >= 11 is 0. The van der Waals surface area contributed by atoms with Crippen molar-refractivity contribution >= 4 is 16.5 Å². The third kappa shape index (κ3) is 4.04. The van der Waals surface area contributed by atoms with Gasteiger partial charge in [-0.3, -0.25) is 0 Å². The first kappa shape index (κ1) is 18.7. The molecule has 2 aromatic heterocycles. The van der Waals surface area contributed by atoms with Crippen molar-refractivity contribution < 1.29 is 4.74 Å². The van der Waals surface area contributed by atoms with E-state index in [0.29, 0.717) is 12.4 Å². The van der Waals surface area contributed by atoms with Gasteiger partial charge in [-0.2, -0.15) is 5.21 Å². The Morgan fingerprint density at radius 1 is 0.871 bits per heavy atom. The van der Waals surface area contributed by atoms with E-state index in [1.165, 1.54) is 0 Å². The molecule has 1 N–H and O–H groups in total. The van der Waals surface area contributed by atoms with Crippen LogP contribution in [-0.4, -0.2) is 25.6 Å². The second-order valence-corrected chi connectivity index (χ2v) is 7.11. The van der Waals surface area contributed by atoms with E-state index in [-0.39, 0.29) is 0 Å². The number of fused-ring (bicyclic) bond motifs is 1. The normalized spacial score (nSPS) is 10.8. The van der Waals surface area contributed by atoms with Crippen LogP contribution in [0.15, 0.2) is 91.5 Å². The van der Waals surface area contributed by atoms with Crippen LogP contribution in [0.5, 0.6) is 5.75 Å². The van der Waals surface area contributed by atoms with Crippen LogP contribution >= 0.6 is 0 Å². The SMILES string of the molecule is C=C(c1cccc(OCc2ccc3ccccc3n2)c1)c1cccc(-c2nn[nH]n2)c1. The second-order valence-electron chi connectivity index (χ2n) is 7.11. The van der Waals surface area contributed by atoms with E-state index in [1.54, 1.807) is 0 Å². The van der Waals surface area contributed by atoms with Gasteiger partial charge in [0.05, 0.1) is 11.2 Å². The maximum Gasteiger partial charge on any atom is 0.204 e. The van der Waals surface area contributed by atoms with Crippen LogP contribution in [0.1, 0.15) is 16.8 Å². The number of ether oxygens (including phenoxy) is 1. The molecule has 31 heavy (non-hydrogen) atoms. The average molecular weight is 405 g/mol. The molecule has 5 aromatic rings. The molecular formula is C25H19N5O. The van der Waals surface area contributed by atoms with E-state index < -0.39 is 0 Å². The Balaban J connectivity index is 1.33. The number of nitrogens with one attached hydrogen (secondary N) is 1. The molecule has 3 aromatic carbocycles. The lowest BCUT2D eigenvalue weighted by molar-refractivity contribution is 0.301. The lowest BCUT2D eigenvalue weighted by Gasteiger charge is -2.11. The van der Waals surface area contributed by atoms with Crippen LogP contribution < -0.4 is 4.74 Å². The van der Waals surface area contributed by atoms with Gasteiger partial charge in [0.1, 0.15) is 12.4 Å². The molecule has 0 amide bonds. The molecule has 150 valence electrons. The molecule has 5 rings (SSSR count). The first-order valence-electron chi connectivity index (χ1n) is 9.87. The molecule has 0 unspecified atom stereocenters. The maximum absolute atomic E-state index is 6.01. The van der Waals surface area contributed by atoms with E-state index in [9.17, 15) is 0 Å². The molecular weight excluding hydrogens is 386 g/mol. The van der Waals surface area contributed by atoms with Crippen LogP contribution in [-0.2, 0) is 6.61 Å². The molecule has 0 bridgehead atoms. The van der Waals surface area contributed by atoms with Gasteiger partial charge in [0, 0.05) is 10.9 Å². The minimum Gasteiger partial charge on any atom is -0.487 e. The summed E-state index contributed by atoms with van der Waals surface area (Å²) in [6.45, 7) is 4.68. The lowest BCUT2D eigenvalue weighted by Crippen LogP contribution is -1.99. The molecule has 0 saturated heterocycles. The number of benzene rings is 3. The molecule has 0 aliphatic heterocycles. The minimum atomic E-state index is 0.397. The van der Waals surface area contributed by atoms with Gasteiger partial charge in [0.2, 0.25) is 5.82 Å². The van der Waals surface area contributed by atoms with Crippen molar-refractivity contribution in [3.8, 4) is 17.1 Å². The van der Waals surface area contributed by atoms with Crippen LogP contribution in [0.4, 0.5) is 0 Å². The van der Waals surface area contributed by atoms with Gasteiger partial charge < -0.3 is 4.74 Å². The predicted molar refractivity (Wildman–Crippen MR) is 120 cm³/mol. The molecule has 0 atom stereocenters. The largest absolute Gasteiger partial charge is 0.487 e. The summed E-state index contributed by atoms with van der Waals surface area (Å²) in [6, 6.07) is 27.9. The van der Waals surface area contributed by atoms with Crippen molar-refractivity contribution in [3.63, 3.8) is 0 Å². The highest BCUT2D eigenvalue weighted by atomic mass is 16.5. The van der Waals surface area contributed by atoms with E-state index >= 15 is 0 Å². The van der Waals surface area contributed by atoms with Gasteiger partial charge >= 0.3 is 0 Å². The molecule has 0 spiro atoms. The van der Waals surface area contributed by atoms with Crippen molar-refractivity contribution in [1.82, 2.24) is 25.6 Å². The van der Waals surface area contributed by atoms with Crippen molar-refractivity contribution in [1.29, 1.82) is 0 Å². The summed E-state index contributed by atoms with van der Waals surface area (Å²) in [5.74, 6) is 1.32. The highest BCUT2D eigenvalue weighted by molar-refractivity contribution is 5.80. The Bertz CT molecular complexity index is 1360. The summed E-state index contributed by atoms with van der Waals surface area (Å²) in [7, 11) is 0. The molecule has 6 heteroatoms. The van der Waals surface area contributed by atoms with Crippen molar-refractivity contribution in [2.24, 2.45) is 0 Å². The minimum absolute atomic E-state index is 0.397. The zero-order valence-electron chi connectivity index (χ0n) is 16.7. The summed E-state index contributed by atoms with van der Waals surface area (Å²) in [5.41, 5.74) is 5.58. The Hall–Kier alpha value is -4.32. The highest BCUT2D eigenvalue weighted by Crippen LogP contribution is 2.27. The topological polar surface area (TPSA) is 76.6 Å². The van der Waals surface area contributed by atoms with E-state index in [4.69, 9.17) is 4.74 Å². The number of hydrogen-bond acceptors (Lipinski definition) is 5. The Morgan fingerprint density at radius 3 is 2.58 bits per heavy atom. The number of aromatic nitrogens is 5. The highest BCUT2D eigenvalue weighted by Gasteiger charge is 2.08. The molecule has 0 aliphatic carbocycles. The fraction of sp³-hybridized carbons (Fsp3) is 0.0400. The smallest absolute Gasteiger partial charge is 0.204 e. The van der Waals surface area contributed by atoms with Crippen molar-refractivity contribution in [3.05, 3.63) is 108 Å². The van der Waals surface area contributed by atoms with E-state index in [2.05, 4.69) is 44.3 Å². The van der Waals surface area contributed by atoms with Gasteiger partial charge in [0.25, 0.3) is 0 Å². The summed E-state index contributed by atoms with van der Waals surface area (Å²) in [5, 5.41) is 15.3. The molecule has 0 aliphatic rings. The number of aromatic amines is 1. The van der Waals surface area contributed by atoms with Crippen molar-refractivity contribution in [2.45, 2.75) is 6.61 Å². The molecule has 0 saturated carbocycles. The molecule has 2 heterocycles. The maximum atomic E-state index is 6.01. The Kier molecular flexibility index (Phi) is 4.94. The first-order chi connectivity index (χ1) is 15.3. The third-order valence-electron chi connectivity index (χ3n) is 5.04. The van der Waals surface area contributed by atoms with Crippen LogP contribution in [0.2, 0.25) is 0 Å². The number of nitrogens with zero attached hydrogens (tertiary/aromatic N) is 4. The van der Waals surface area contributed by atoms with Gasteiger partial charge in [0.15, 0.2) is 0 Å². The lowest BCUT2D eigenvalue weighted by atomic mass is 9.98. The number of rotatable bonds is 6.